The Labute approximate surface area is 224 Å². The van der Waals surface area contributed by atoms with Crippen molar-refractivity contribution in [1.29, 1.82) is 5.26 Å². The van der Waals surface area contributed by atoms with Crippen LogP contribution in [-0.4, -0.2) is 19.3 Å². The topological polar surface area (TPSA) is 61.2 Å². The summed E-state index contributed by atoms with van der Waals surface area (Å²) in [5, 5.41) is 9.84. The van der Waals surface area contributed by atoms with Crippen LogP contribution < -0.4 is 0 Å². The van der Waals surface area contributed by atoms with Gasteiger partial charge in [0, 0.05) is 18.1 Å². The van der Waals surface area contributed by atoms with Crippen LogP contribution in [0, 0.1) is 32.1 Å². The SMILES string of the molecule is Cc1cc(C)c(S(=O)(=O)N(CCc2cccc(Cl)c2)Cc2ccc(-c3cccc(C#N)c3)cc2)c(C)c1. The molecule has 0 heterocycles. The molecule has 4 nitrogen and oxygen atoms in total. The predicted molar refractivity (Wildman–Crippen MR) is 150 cm³/mol. The van der Waals surface area contributed by atoms with Gasteiger partial charge < -0.3 is 0 Å². The van der Waals surface area contributed by atoms with Crippen molar-refractivity contribution >= 4 is 21.6 Å². The van der Waals surface area contributed by atoms with Crippen molar-refractivity contribution in [2.45, 2.75) is 38.6 Å². The number of nitriles is 1. The Balaban J connectivity index is 1.66. The average molecular weight is 529 g/mol. The molecule has 0 fully saturated rings. The second kappa shape index (κ2) is 11.3. The highest BCUT2D eigenvalue weighted by Gasteiger charge is 2.28. The molecular weight excluding hydrogens is 500 g/mol. The molecule has 0 saturated carbocycles. The maximum absolute atomic E-state index is 14.0. The highest BCUT2D eigenvalue weighted by Crippen LogP contribution is 2.28. The molecule has 4 rings (SSSR count). The van der Waals surface area contributed by atoms with Crippen LogP contribution in [0.2, 0.25) is 5.02 Å². The van der Waals surface area contributed by atoms with Gasteiger partial charge in [-0.15, -0.1) is 0 Å². The molecule has 0 saturated heterocycles. The van der Waals surface area contributed by atoms with E-state index < -0.39 is 10.0 Å². The summed E-state index contributed by atoms with van der Waals surface area (Å²) in [6.45, 7) is 6.25. The van der Waals surface area contributed by atoms with E-state index in [1.54, 1.807) is 10.4 Å². The fourth-order valence-corrected chi connectivity index (χ4v) is 6.76. The van der Waals surface area contributed by atoms with Crippen molar-refractivity contribution in [3.8, 4) is 17.2 Å². The number of hydrogen-bond donors (Lipinski definition) is 0. The van der Waals surface area contributed by atoms with Crippen molar-refractivity contribution in [2.75, 3.05) is 6.54 Å². The van der Waals surface area contributed by atoms with Gasteiger partial charge in [-0.2, -0.15) is 9.57 Å². The number of halogens is 1. The number of benzene rings is 4. The van der Waals surface area contributed by atoms with E-state index in [4.69, 9.17) is 11.6 Å². The Bertz CT molecular complexity index is 1550. The van der Waals surface area contributed by atoms with E-state index in [9.17, 15) is 13.7 Å². The van der Waals surface area contributed by atoms with E-state index >= 15 is 0 Å². The van der Waals surface area contributed by atoms with Crippen molar-refractivity contribution in [3.63, 3.8) is 0 Å². The first-order chi connectivity index (χ1) is 17.7. The van der Waals surface area contributed by atoms with Gasteiger partial charge in [-0.3, -0.25) is 0 Å². The Morgan fingerprint density at radius 1 is 0.811 bits per heavy atom. The molecule has 0 aliphatic heterocycles. The predicted octanol–water partition coefficient (Wildman–Crippen LogP) is 7.24. The van der Waals surface area contributed by atoms with Crippen molar-refractivity contribution in [3.05, 3.63) is 123 Å². The molecule has 0 amide bonds. The lowest BCUT2D eigenvalue weighted by Crippen LogP contribution is -2.33. The Morgan fingerprint density at radius 2 is 1.49 bits per heavy atom. The monoisotopic (exact) mass is 528 g/mol. The van der Waals surface area contributed by atoms with Crippen LogP contribution in [0.15, 0.2) is 89.8 Å². The third-order valence-corrected chi connectivity index (χ3v) is 8.77. The maximum Gasteiger partial charge on any atom is 0.243 e. The lowest BCUT2D eigenvalue weighted by molar-refractivity contribution is 0.409. The maximum atomic E-state index is 14.0. The quantitative estimate of drug-likeness (QED) is 0.242. The summed E-state index contributed by atoms with van der Waals surface area (Å²) in [7, 11) is -3.76. The van der Waals surface area contributed by atoms with Crippen LogP contribution >= 0.6 is 11.6 Å². The molecule has 0 radical (unpaired) electrons. The third-order valence-electron chi connectivity index (χ3n) is 6.38. The lowest BCUT2D eigenvalue weighted by atomic mass is 10.0. The van der Waals surface area contributed by atoms with E-state index in [1.165, 1.54) is 0 Å². The van der Waals surface area contributed by atoms with Crippen LogP contribution in [0.1, 0.15) is 33.4 Å². The zero-order valence-electron chi connectivity index (χ0n) is 21.2. The molecule has 0 N–H and O–H groups in total. The Kier molecular flexibility index (Phi) is 8.14. The molecule has 0 spiro atoms. The number of rotatable bonds is 8. The Morgan fingerprint density at radius 3 is 2.14 bits per heavy atom. The van der Waals surface area contributed by atoms with Gasteiger partial charge in [-0.25, -0.2) is 8.42 Å². The zero-order chi connectivity index (χ0) is 26.6. The summed E-state index contributed by atoms with van der Waals surface area (Å²) >= 11 is 6.17. The van der Waals surface area contributed by atoms with E-state index in [2.05, 4.69) is 6.07 Å². The second-order valence-corrected chi connectivity index (χ2v) is 11.6. The number of aryl methyl sites for hydroxylation is 3. The van der Waals surface area contributed by atoms with Crippen molar-refractivity contribution in [2.24, 2.45) is 0 Å². The van der Waals surface area contributed by atoms with Gasteiger partial charge in [-0.05, 0) is 84.8 Å². The van der Waals surface area contributed by atoms with Crippen molar-refractivity contribution in [1.82, 2.24) is 4.31 Å². The first-order valence-electron chi connectivity index (χ1n) is 12.1. The van der Waals surface area contributed by atoms with E-state index in [1.807, 2.05) is 99.6 Å². The normalized spacial score (nSPS) is 11.5. The molecule has 0 atom stereocenters. The standard InChI is InChI=1S/C31H29ClN2O2S/c1-22-16-23(2)31(24(3)17-22)37(35,36)34(15-14-25-6-5-9-30(32)19-25)21-26-10-12-28(13-11-26)29-8-4-7-27(18-29)20-33/h4-13,16-19H,14-15,21H2,1-3H3. The second-order valence-electron chi connectivity index (χ2n) is 9.34. The van der Waals surface area contributed by atoms with Crippen molar-refractivity contribution < 1.29 is 8.42 Å². The molecule has 188 valence electrons. The molecular formula is C31H29ClN2O2S. The smallest absolute Gasteiger partial charge is 0.207 e. The van der Waals surface area contributed by atoms with E-state index in [0.717, 1.165) is 38.9 Å². The minimum Gasteiger partial charge on any atom is -0.207 e. The van der Waals surface area contributed by atoms with Gasteiger partial charge in [0.2, 0.25) is 10.0 Å². The minimum absolute atomic E-state index is 0.244. The summed E-state index contributed by atoms with van der Waals surface area (Å²) in [6.07, 6.45) is 0.544. The first-order valence-corrected chi connectivity index (χ1v) is 13.9. The molecule has 0 aromatic heterocycles. The Hall–Kier alpha value is -3.43. The largest absolute Gasteiger partial charge is 0.243 e. The number of nitrogens with zero attached hydrogens (tertiary/aromatic N) is 2. The fraction of sp³-hybridized carbons (Fsp3) is 0.194. The highest BCUT2D eigenvalue weighted by molar-refractivity contribution is 7.89. The highest BCUT2D eigenvalue weighted by atomic mass is 35.5. The number of hydrogen-bond acceptors (Lipinski definition) is 3. The molecule has 4 aromatic rings. The van der Waals surface area contributed by atoms with Crippen LogP contribution in [0.25, 0.3) is 11.1 Å². The van der Waals surface area contributed by atoms with E-state index in [-0.39, 0.29) is 6.54 Å². The minimum atomic E-state index is -3.76. The first kappa shape index (κ1) is 26.6. The fourth-order valence-electron chi connectivity index (χ4n) is 4.71. The third kappa shape index (κ3) is 6.29. The average Bonchev–Trinajstić information content (AvgIpc) is 2.86. The van der Waals surface area contributed by atoms with Crippen LogP contribution in [-0.2, 0) is 23.0 Å². The van der Waals surface area contributed by atoms with Gasteiger partial charge in [-0.1, -0.05) is 77.8 Å². The van der Waals surface area contributed by atoms with Crippen LogP contribution in [0.4, 0.5) is 0 Å². The van der Waals surface area contributed by atoms with Gasteiger partial charge in [0.15, 0.2) is 0 Å². The summed E-state index contributed by atoms with van der Waals surface area (Å²) in [5.41, 5.74) is 6.92. The van der Waals surface area contributed by atoms with Gasteiger partial charge in [0.05, 0.1) is 16.5 Å². The summed E-state index contributed by atoms with van der Waals surface area (Å²) in [5.74, 6) is 0. The molecule has 6 heteroatoms. The molecule has 37 heavy (non-hydrogen) atoms. The zero-order valence-corrected chi connectivity index (χ0v) is 22.8. The summed E-state index contributed by atoms with van der Waals surface area (Å²) in [4.78, 5) is 0.370. The molecule has 0 unspecified atom stereocenters. The summed E-state index contributed by atoms with van der Waals surface area (Å²) < 4.78 is 29.6. The molecule has 0 aliphatic carbocycles. The summed E-state index contributed by atoms with van der Waals surface area (Å²) in [6, 6.07) is 28.8. The molecule has 4 aromatic carbocycles. The van der Waals surface area contributed by atoms with E-state index in [0.29, 0.717) is 28.4 Å². The number of sulfonamides is 1. The molecule has 0 bridgehead atoms. The van der Waals surface area contributed by atoms with Crippen LogP contribution in [0.5, 0.6) is 0 Å². The molecule has 0 aliphatic rings. The van der Waals surface area contributed by atoms with Gasteiger partial charge in [0.25, 0.3) is 0 Å². The van der Waals surface area contributed by atoms with Gasteiger partial charge >= 0.3 is 0 Å². The lowest BCUT2D eigenvalue weighted by Gasteiger charge is -2.25. The van der Waals surface area contributed by atoms with Gasteiger partial charge in [0.1, 0.15) is 0 Å². The van der Waals surface area contributed by atoms with Crippen LogP contribution in [0.3, 0.4) is 0 Å².